The molecule has 1 aliphatic carbocycles. The quantitative estimate of drug-likeness (QED) is 0.464. The minimum absolute atomic E-state index is 0.598. The van der Waals surface area contributed by atoms with E-state index in [2.05, 4.69) is 12.7 Å². The summed E-state index contributed by atoms with van der Waals surface area (Å²) in [7, 11) is 0. The SMILES string of the molecule is C=COCCOC1=CCCCC1. The van der Waals surface area contributed by atoms with E-state index in [-0.39, 0.29) is 0 Å². The molecule has 0 unspecified atom stereocenters. The Morgan fingerprint density at radius 3 is 3.00 bits per heavy atom. The molecule has 2 heteroatoms. The zero-order valence-corrected chi connectivity index (χ0v) is 7.42. The molecule has 0 saturated carbocycles. The van der Waals surface area contributed by atoms with Crippen LogP contribution >= 0.6 is 0 Å². The Morgan fingerprint density at radius 1 is 1.42 bits per heavy atom. The van der Waals surface area contributed by atoms with Crippen molar-refractivity contribution < 1.29 is 9.47 Å². The van der Waals surface area contributed by atoms with E-state index < -0.39 is 0 Å². The van der Waals surface area contributed by atoms with Gasteiger partial charge in [-0.1, -0.05) is 6.58 Å². The van der Waals surface area contributed by atoms with Gasteiger partial charge in [-0.2, -0.15) is 0 Å². The fourth-order valence-electron chi connectivity index (χ4n) is 1.24. The van der Waals surface area contributed by atoms with Crippen LogP contribution in [-0.4, -0.2) is 13.2 Å². The lowest BCUT2D eigenvalue weighted by Crippen LogP contribution is -2.03. The van der Waals surface area contributed by atoms with Gasteiger partial charge in [0.25, 0.3) is 0 Å². The topological polar surface area (TPSA) is 18.5 Å². The molecule has 12 heavy (non-hydrogen) atoms. The second kappa shape index (κ2) is 5.70. The van der Waals surface area contributed by atoms with E-state index in [9.17, 15) is 0 Å². The van der Waals surface area contributed by atoms with Crippen molar-refractivity contribution >= 4 is 0 Å². The van der Waals surface area contributed by atoms with Crippen LogP contribution in [0.4, 0.5) is 0 Å². The largest absolute Gasteiger partial charge is 0.498 e. The summed E-state index contributed by atoms with van der Waals surface area (Å²) < 4.78 is 10.4. The standard InChI is InChI=1S/C10H16O2/c1-2-11-8-9-12-10-6-4-3-5-7-10/h2,6H,1,3-5,7-9H2. The zero-order valence-electron chi connectivity index (χ0n) is 7.42. The fourth-order valence-corrected chi connectivity index (χ4v) is 1.24. The third-order valence-corrected chi connectivity index (χ3v) is 1.86. The van der Waals surface area contributed by atoms with Gasteiger partial charge in [-0.25, -0.2) is 0 Å². The Labute approximate surface area is 73.9 Å². The third-order valence-electron chi connectivity index (χ3n) is 1.86. The molecule has 0 aromatic rings. The van der Waals surface area contributed by atoms with E-state index in [1.165, 1.54) is 19.1 Å². The summed E-state index contributed by atoms with van der Waals surface area (Å²) in [5.74, 6) is 1.13. The van der Waals surface area contributed by atoms with Crippen molar-refractivity contribution in [2.75, 3.05) is 13.2 Å². The summed E-state index contributed by atoms with van der Waals surface area (Å²) in [5.41, 5.74) is 0. The lowest BCUT2D eigenvalue weighted by atomic mass is 10.1. The lowest BCUT2D eigenvalue weighted by Gasteiger charge is -2.13. The number of hydrogen-bond acceptors (Lipinski definition) is 2. The molecule has 0 bridgehead atoms. The van der Waals surface area contributed by atoms with E-state index in [0.29, 0.717) is 13.2 Å². The van der Waals surface area contributed by atoms with Crippen LogP contribution in [-0.2, 0) is 9.47 Å². The zero-order chi connectivity index (χ0) is 8.65. The number of ether oxygens (including phenoxy) is 2. The molecule has 1 aliphatic rings. The monoisotopic (exact) mass is 168 g/mol. The Balaban J connectivity index is 2.05. The first-order valence-corrected chi connectivity index (χ1v) is 4.48. The van der Waals surface area contributed by atoms with Crippen LogP contribution in [0.25, 0.3) is 0 Å². The first kappa shape index (κ1) is 9.17. The highest BCUT2D eigenvalue weighted by atomic mass is 16.5. The molecule has 0 fully saturated rings. The summed E-state index contributed by atoms with van der Waals surface area (Å²) in [4.78, 5) is 0. The van der Waals surface area contributed by atoms with Crippen molar-refractivity contribution in [2.24, 2.45) is 0 Å². The number of hydrogen-bond donors (Lipinski definition) is 0. The maximum Gasteiger partial charge on any atom is 0.122 e. The van der Waals surface area contributed by atoms with Gasteiger partial charge < -0.3 is 9.47 Å². The van der Waals surface area contributed by atoms with Crippen LogP contribution in [0.3, 0.4) is 0 Å². The summed E-state index contributed by atoms with van der Waals surface area (Å²) >= 11 is 0. The van der Waals surface area contributed by atoms with Crippen LogP contribution in [0, 0.1) is 0 Å². The minimum atomic E-state index is 0.598. The lowest BCUT2D eigenvalue weighted by molar-refractivity contribution is 0.124. The van der Waals surface area contributed by atoms with E-state index in [4.69, 9.17) is 9.47 Å². The highest BCUT2D eigenvalue weighted by molar-refractivity contribution is 4.96. The van der Waals surface area contributed by atoms with Gasteiger partial charge in [-0.3, -0.25) is 0 Å². The second-order valence-electron chi connectivity index (χ2n) is 2.80. The van der Waals surface area contributed by atoms with E-state index >= 15 is 0 Å². The minimum Gasteiger partial charge on any atom is -0.498 e. The van der Waals surface area contributed by atoms with Crippen molar-refractivity contribution in [1.82, 2.24) is 0 Å². The molecule has 0 aromatic heterocycles. The van der Waals surface area contributed by atoms with Crippen LogP contribution in [0.15, 0.2) is 24.7 Å². The summed E-state index contributed by atoms with van der Waals surface area (Å²) in [6, 6.07) is 0. The molecule has 68 valence electrons. The molecule has 0 aliphatic heterocycles. The predicted molar refractivity (Wildman–Crippen MR) is 48.7 cm³/mol. The summed E-state index contributed by atoms with van der Waals surface area (Å²) in [6.07, 6.45) is 8.44. The first-order valence-electron chi connectivity index (χ1n) is 4.48. The molecular formula is C10H16O2. The Morgan fingerprint density at radius 2 is 2.33 bits per heavy atom. The normalized spacial score (nSPS) is 16.5. The van der Waals surface area contributed by atoms with Crippen LogP contribution in [0.1, 0.15) is 25.7 Å². The van der Waals surface area contributed by atoms with Gasteiger partial charge in [0.1, 0.15) is 13.2 Å². The maximum absolute atomic E-state index is 5.47. The second-order valence-corrected chi connectivity index (χ2v) is 2.80. The van der Waals surface area contributed by atoms with Gasteiger partial charge in [-0.05, 0) is 25.3 Å². The number of allylic oxidation sites excluding steroid dienone is 2. The van der Waals surface area contributed by atoms with Crippen molar-refractivity contribution in [3.8, 4) is 0 Å². The van der Waals surface area contributed by atoms with Gasteiger partial charge in [0.2, 0.25) is 0 Å². The molecule has 0 atom stereocenters. The summed E-state index contributed by atoms with van der Waals surface area (Å²) in [6.45, 7) is 4.69. The molecule has 0 heterocycles. The van der Waals surface area contributed by atoms with E-state index in [1.54, 1.807) is 0 Å². The predicted octanol–water partition coefficient (Wildman–Crippen LogP) is 2.62. The van der Waals surface area contributed by atoms with E-state index in [0.717, 1.165) is 18.6 Å². The highest BCUT2D eigenvalue weighted by Crippen LogP contribution is 2.17. The number of rotatable bonds is 5. The van der Waals surface area contributed by atoms with E-state index in [1.807, 2.05) is 0 Å². The van der Waals surface area contributed by atoms with Gasteiger partial charge in [0.05, 0.1) is 12.0 Å². The smallest absolute Gasteiger partial charge is 0.122 e. The van der Waals surface area contributed by atoms with Crippen molar-refractivity contribution in [3.63, 3.8) is 0 Å². The molecule has 1 rings (SSSR count). The van der Waals surface area contributed by atoms with Gasteiger partial charge in [-0.15, -0.1) is 0 Å². The van der Waals surface area contributed by atoms with Gasteiger partial charge in [0, 0.05) is 6.42 Å². The molecule has 0 aromatic carbocycles. The van der Waals surface area contributed by atoms with Crippen LogP contribution in [0.5, 0.6) is 0 Å². The fraction of sp³-hybridized carbons (Fsp3) is 0.600. The Hall–Kier alpha value is -0.920. The van der Waals surface area contributed by atoms with Crippen LogP contribution in [0.2, 0.25) is 0 Å². The van der Waals surface area contributed by atoms with Gasteiger partial charge >= 0.3 is 0 Å². The molecule has 0 saturated heterocycles. The van der Waals surface area contributed by atoms with Gasteiger partial charge in [0.15, 0.2) is 0 Å². The summed E-state index contributed by atoms with van der Waals surface area (Å²) in [5, 5.41) is 0. The van der Waals surface area contributed by atoms with Crippen LogP contribution < -0.4 is 0 Å². The average Bonchev–Trinajstić information content (AvgIpc) is 2.14. The first-order chi connectivity index (χ1) is 5.93. The average molecular weight is 168 g/mol. The molecule has 0 amide bonds. The maximum atomic E-state index is 5.47. The molecule has 0 N–H and O–H groups in total. The van der Waals surface area contributed by atoms with Crippen molar-refractivity contribution in [1.29, 1.82) is 0 Å². The highest BCUT2D eigenvalue weighted by Gasteiger charge is 2.03. The van der Waals surface area contributed by atoms with Crippen molar-refractivity contribution in [2.45, 2.75) is 25.7 Å². The molecule has 0 spiro atoms. The molecule has 0 radical (unpaired) electrons. The molecule has 2 nitrogen and oxygen atoms in total. The Bertz CT molecular complexity index is 161. The Kier molecular flexibility index (Phi) is 4.35. The molecular weight excluding hydrogens is 152 g/mol. The third kappa shape index (κ3) is 3.46. The van der Waals surface area contributed by atoms with Crippen molar-refractivity contribution in [3.05, 3.63) is 24.7 Å².